The van der Waals surface area contributed by atoms with Crippen LogP contribution in [0.25, 0.3) is 21.7 Å². The fourth-order valence-corrected chi connectivity index (χ4v) is 5.19. The zero-order chi connectivity index (χ0) is 28.3. The molecule has 1 aliphatic carbocycles. The molecular formula is C28H28ClF3N6O2. The summed E-state index contributed by atoms with van der Waals surface area (Å²) >= 11 is 5.92. The maximum atomic E-state index is 12.4. The van der Waals surface area contributed by atoms with Gasteiger partial charge in [0.05, 0.1) is 10.5 Å². The summed E-state index contributed by atoms with van der Waals surface area (Å²) in [5, 5.41) is 13.0. The number of nitrogens with one attached hydrogen (secondary N) is 3. The number of ether oxygens (including phenoxy) is 1. The summed E-state index contributed by atoms with van der Waals surface area (Å²) in [7, 11) is 0. The molecule has 0 atom stereocenters. The number of nitrogens with zero attached hydrogens (tertiary/aromatic N) is 2. The zero-order valence-corrected chi connectivity index (χ0v) is 22.1. The number of amides is 1. The first-order valence-electron chi connectivity index (χ1n) is 12.9. The molecule has 5 rings (SSSR count). The number of hydrogen-bond donors (Lipinski definition) is 4. The topological polar surface area (TPSA) is 114 Å². The second kappa shape index (κ2) is 11.8. The zero-order valence-electron chi connectivity index (χ0n) is 21.4. The van der Waals surface area contributed by atoms with Crippen molar-refractivity contribution >= 4 is 45.0 Å². The van der Waals surface area contributed by atoms with Gasteiger partial charge in [0, 0.05) is 59.8 Å². The molecule has 0 radical (unpaired) electrons. The number of nitrogens with two attached hydrogens (primary N) is 1. The van der Waals surface area contributed by atoms with E-state index >= 15 is 0 Å². The van der Waals surface area contributed by atoms with E-state index < -0.39 is 18.0 Å². The molecule has 2 aromatic heterocycles. The van der Waals surface area contributed by atoms with Gasteiger partial charge in [-0.15, -0.1) is 13.2 Å². The molecule has 0 bridgehead atoms. The molecule has 0 unspecified atom stereocenters. The minimum absolute atomic E-state index is 0.0721. The van der Waals surface area contributed by atoms with E-state index in [1.54, 1.807) is 30.6 Å². The van der Waals surface area contributed by atoms with E-state index in [9.17, 15) is 18.0 Å². The highest BCUT2D eigenvalue weighted by molar-refractivity contribution is 6.32. The van der Waals surface area contributed by atoms with E-state index in [2.05, 4.69) is 25.7 Å². The Kier molecular flexibility index (Phi) is 8.24. The lowest BCUT2D eigenvalue weighted by atomic mass is 9.80. The number of primary amides is 1. The van der Waals surface area contributed by atoms with E-state index in [-0.39, 0.29) is 5.02 Å². The Bertz CT molecular complexity index is 1530. The van der Waals surface area contributed by atoms with Crippen molar-refractivity contribution < 1.29 is 22.7 Å². The summed E-state index contributed by atoms with van der Waals surface area (Å²) < 4.78 is 41.1. The molecule has 4 aromatic rings. The lowest BCUT2D eigenvalue weighted by molar-refractivity contribution is -0.274. The summed E-state index contributed by atoms with van der Waals surface area (Å²) in [4.78, 5) is 20.6. The van der Waals surface area contributed by atoms with Gasteiger partial charge in [0.25, 0.3) is 0 Å². The van der Waals surface area contributed by atoms with Gasteiger partial charge in [-0.1, -0.05) is 23.7 Å². The van der Waals surface area contributed by atoms with E-state index in [1.807, 2.05) is 12.1 Å². The first kappa shape index (κ1) is 27.9. The molecule has 1 saturated carbocycles. The molecule has 12 heteroatoms. The number of aromatic nitrogens is 2. The van der Waals surface area contributed by atoms with Crippen LogP contribution in [0.1, 0.15) is 28.8 Å². The van der Waals surface area contributed by atoms with Crippen molar-refractivity contribution in [1.29, 1.82) is 0 Å². The number of fused-ring (bicyclic) bond motifs is 3. The fourth-order valence-electron chi connectivity index (χ4n) is 4.94. The van der Waals surface area contributed by atoms with Gasteiger partial charge in [-0.05, 0) is 61.2 Å². The van der Waals surface area contributed by atoms with Crippen molar-refractivity contribution in [1.82, 2.24) is 20.6 Å². The van der Waals surface area contributed by atoms with Gasteiger partial charge < -0.3 is 26.4 Å². The second-order valence-corrected chi connectivity index (χ2v) is 10.2. The maximum absolute atomic E-state index is 12.4. The molecule has 210 valence electrons. The van der Waals surface area contributed by atoms with Crippen LogP contribution in [0.3, 0.4) is 0 Å². The second-order valence-electron chi connectivity index (χ2n) is 9.84. The molecule has 0 aliphatic heterocycles. The van der Waals surface area contributed by atoms with Crippen LogP contribution in [-0.2, 0) is 6.54 Å². The number of anilines is 1. The normalized spacial score (nSPS) is 17.1. The summed E-state index contributed by atoms with van der Waals surface area (Å²) in [6.45, 7) is 2.74. The standard InChI is InChI=1S/C28H28ClF3N6O2/c29-23-11-16(1-4-25(23)40-28(30,31)32)13-35-14-17-9-19(10-17)36-7-8-37-27-21-5-6-34-15-22(21)20-3-2-18(26(33)39)12-24(20)38-27/h1-6,11-12,15,17,19,35-36H,7-10,13-14H2,(H2,33,39)(H,37,38). The number of pyridine rings is 2. The van der Waals surface area contributed by atoms with Crippen molar-refractivity contribution in [3.05, 3.63) is 71.0 Å². The molecule has 8 nitrogen and oxygen atoms in total. The highest BCUT2D eigenvalue weighted by Gasteiger charge is 2.32. The van der Waals surface area contributed by atoms with Crippen LogP contribution in [0.2, 0.25) is 5.02 Å². The van der Waals surface area contributed by atoms with Crippen LogP contribution in [0.5, 0.6) is 5.75 Å². The number of alkyl halides is 3. The van der Waals surface area contributed by atoms with E-state index in [0.717, 1.165) is 53.5 Å². The van der Waals surface area contributed by atoms with Crippen molar-refractivity contribution in [2.75, 3.05) is 25.0 Å². The lowest BCUT2D eigenvalue weighted by Crippen LogP contribution is -2.46. The van der Waals surface area contributed by atoms with Gasteiger partial charge in [0.1, 0.15) is 11.6 Å². The molecular weight excluding hydrogens is 545 g/mol. The molecule has 0 saturated heterocycles. The lowest BCUT2D eigenvalue weighted by Gasteiger charge is -2.36. The Balaban J connectivity index is 1.06. The Hall–Kier alpha value is -3.67. The van der Waals surface area contributed by atoms with Gasteiger partial charge in [-0.2, -0.15) is 0 Å². The molecule has 1 fully saturated rings. The van der Waals surface area contributed by atoms with Crippen LogP contribution >= 0.6 is 11.6 Å². The van der Waals surface area contributed by atoms with Gasteiger partial charge >= 0.3 is 6.36 Å². The Morgan fingerprint density at radius 1 is 1.07 bits per heavy atom. The van der Waals surface area contributed by atoms with Crippen LogP contribution in [0.4, 0.5) is 19.0 Å². The van der Waals surface area contributed by atoms with E-state index in [1.165, 1.54) is 12.1 Å². The molecule has 2 aromatic carbocycles. The van der Waals surface area contributed by atoms with Crippen LogP contribution in [0, 0.1) is 5.92 Å². The maximum Gasteiger partial charge on any atom is 0.573 e. The number of carbonyl (C=O) groups is 1. The van der Waals surface area contributed by atoms with Crippen LogP contribution in [0.15, 0.2) is 54.9 Å². The summed E-state index contributed by atoms with van der Waals surface area (Å²) in [6.07, 6.45) is 0.813. The van der Waals surface area contributed by atoms with Gasteiger partial charge in [-0.25, -0.2) is 4.98 Å². The predicted molar refractivity (Wildman–Crippen MR) is 148 cm³/mol. The third-order valence-corrected chi connectivity index (χ3v) is 7.25. The third-order valence-electron chi connectivity index (χ3n) is 6.95. The Labute approximate surface area is 233 Å². The minimum atomic E-state index is -4.77. The van der Waals surface area contributed by atoms with Crippen molar-refractivity contribution in [3.8, 4) is 5.75 Å². The van der Waals surface area contributed by atoms with Crippen LogP contribution < -0.4 is 26.4 Å². The summed E-state index contributed by atoms with van der Waals surface area (Å²) in [5.41, 5.74) is 7.31. The molecule has 2 heterocycles. The predicted octanol–water partition coefficient (Wildman–Crippen LogP) is 5.00. The average molecular weight is 573 g/mol. The van der Waals surface area contributed by atoms with Gasteiger partial charge in [0.15, 0.2) is 0 Å². The first-order chi connectivity index (χ1) is 19.2. The van der Waals surface area contributed by atoms with Crippen molar-refractivity contribution in [2.24, 2.45) is 11.7 Å². The monoisotopic (exact) mass is 572 g/mol. The van der Waals surface area contributed by atoms with E-state index in [0.29, 0.717) is 36.1 Å². The van der Waals surface area contributed by atoms with Crippen molar-refractivity contribution in [2.45, 2.75) is 31.8 Å². The molecule has 5 N–H and O–H groups in total. The van der Waals surface area contributed by atoms with Crippen molar-refractivity contribution in [3.63, 3.8) is 0 Å². The molecule has 1 aliphatic rings. The quantitative estimate of drug-likeness (QED) is 0.148. The van der Waals surface area contributed by atoms with Crippen LogP contribution in [-0.4, -0.2) is 47.9 Å². The Morgan fingerprint density at radius 2 is 1.90 bits per heavy atom. The molecule has 1 amide bonds. The summed E-state index contributed by atoms with van der Waals surface area (Å²) in [6, 6.07) is 11.9. The number of carbonyl (C=O) groups excluding carboxylic acids is 1. The largest absolute Gasteiger partial charge is 0.573 e. The van der Waals surface area contributed by atoms with E-state index in [4.69, 9.17) is 22.3 Å². The number of hydrogen-bond acceptors (Lipinski definition) is 7. The smallest absolute Gasteiger partial charge is 0.404 e. The number of halogens is 4. The molecule has 0 spiro atoms. The fraction of sp³-hybridized carbons (Fsp3) is 0.321. The highest BCUT2D eigenvalue weighted by atomic mass is 35.5. The highest BCUT2D eigenvalue weighted by Crippen LogP contribution is 2.32. The minimum Gasteiger partial charge on any atom is -0.404 e. The Morgan fingerprint density at radius 3 is 2.65 bits per heavy atom. The third kappa shape index (κ3) is 6.72. The number of benzene rings is 2. The SMILES string of the molecule is NC(=O)c1ccc2c(c1)nc(NCCNC1CC(CNCc3ccc(OC(F)(F)F)c(Cl)c3)C1)c1ccncc12. The summed E-state index contributed by atoms with van der Waals surface area (Å²) in [5.74, 6) is 0.341. The average Bonchev–Trinajstić information content (AvgIpc) is 2.89. The molecule has 40 heavy (non-hydrogen) atoms. The van der Waals surface area contributed by atoms with Gasteiger partial charge in [-0.3, -0.25) is 9.78 Å². The number of rotatable bonds is 11. The first-order valence-corrected chi connectivity index (χ1v) is 13.2. The van der Waals surface area contributed by atoms with Gasteiger partial charge in [0.2, 0.25) is 5.91 Å².